The molecule has 0 aliphatic heterocycles. The van der Waals surface area contributed by atoms with E-state index >= 15 is 0 Å². The summed E-state index contributed by atoms with van der Waals surface area (Å²) in [4.78, 5) is 9.64. The minimum Gasteiger partial charge on any atom is -0.542 e. The monoisotopic (exact) mass is 415 g/mol. The van der Waals surface area contributed by atoms with Crippen LogP contribution in [0.3, 0.4) is 0 Å². The number of carbonyl (C=O) groups excluding carboxylic acids is 1. The smallest absolute Gasteiger partial charge is 0.430 e. The fourth-order valence-electron chi connectivity index (χ4n) is 2.21. The number of phenols is 2. The molecule has 3 rings (SSSR count). The molecule has 0 radical (unpaired) electrons. The summed E-state index contributed by atoms with van der Waals surface area (Å²) >= 11 is 1.46. The lowest BCUT2D eigenvalue weighted by molar-refractivity contribution is -0.715. The first kappa shape index (κ1) is 21.4. The van der Waals surface area contributed by atoms with Gasteiger partial charge in [-0.05, 0) is 23.2 Å². The molecule has 1 heterocycles. The molecular formula is C17H16F3N3O4S. The predicted octanol–water partition coefficient (Wildman–Crippen LogP) is 1.57. The van der Waals surface area contributed by atoms with Crippen molar-refractivity contribution in [1.82, 2.24) is 9.78 Å². The van der Waals surface area contributed by atoms with E-state index in [4.69, 9.17) is 9.90 Å². The molecule has 3 aromatic rings. The maximum absolute atomic E-state index is 10.5. The number of nitrogens with zero attached hydrogens (tertiary/aromatic N) is 3. The zero-order valence-electron chi connectivity index (χ0n) is 15.0. The number of aromatic nitrogens is 3. The van der Waals surface area contributed by atoms with Crippen LogP contribution in [0.4, 0.5) is 13.2 Å². The summed E-state index contributed by atoms with van der Waals surface area (Å²) in [5.41, 5.74) is 0. The lowest BCUT2D eigenvalue weighted by Crippen LogP contribution is -2.37. The molecular weight excluding hydrogens is 399 g/mol. The number of rotatable bonds is 2. The van der Waals surface area contributed by atoms with Gasteiger partial charge in [0.05, 0.1) is 19.2 Å². The van der Waals surface area contributed by atoms with Gasteiger partial charge in [-0.15, -0.1) is 4.68 Å². The van der Waals surface area contributed by atoms with Crippen molar-refractivity contribution in [3.05, 3.63) is 36.2 Å². The predicted molar refractivity (Wildman–Crippen MR) is 91.6 cm³/mol. The number of aryl methyl sites for hydroxylation is 1. The Balaban J connectivity index is 0.000000345. The van der Waals surface area contributed by atoms with E-state index in [1.54, 1.807) is 12.1 Å². The molecule has 7 nitrogen and oxygen atoms in total. The van der Waals surface area contributed by atoms with E-state index in [1.807, 2.05) is 48.5 Å². The number of aliphatic carboxylic acids is 1. The molecule has 11 heteroatoms. The number of halogens is 3. The van der Waals surface area contributed by atoms with Crippen LogP contribution in [0.2, 0.25) is 0 Å². The van der Waals surface area contributed by atoms with Crippen molar-refractivity contribution in [1.29, 1.82) is 0 Å². The first-order valence-electron chi connectivity index (χ1n) is 7.72. The molecule has 1 aromatic heterocycles. The topological polar surface area (TPSA) is 102 Å². The number of hydrogen-bond acceptors (Lipinski definition) is 6. The highest BCUT2D eigenvalue weighted by atomic mass is 32.2. The van der Waals surface area contributed by atoms with Crippen LogP contribution < -0.4 is 9.67 Å². The standard InChI is InChI=1S/C15H15N3O2S.C2HF3O2/c1-9-17(2)15(16-18(9)3)21-13-8-12(19)14(20)11-7-5-4-6-10(11)13;3-2(4,5)1(6)7/h4-8H,1-3H3,(H-,19,20);(H,6,7). The Morgan fingerprint density at radius 2 is 1.79 bits per heavy atom. The van der Waals surface area contributed by atoms with Gasteiger partial charge in [0.1, 0.15) is 5.97 Å². The minimum absolute atomic E-state index is 0.0865. The zero-order chi connectivity index (χ0) is 21.2. The Morgan fingerprint density at radius 1 is 1.25 bits per heavy atom. The SMILES string of the molecule is Cc1n(C)nc(Sc2cc(O)c(O)c3ccccc23)[n+]1C.O=C([O-])C(F)(F)F. The van der Waals surface area contributed by atoms with Crippen molar-refractivity contribution < 1.29 is 37.9 Å². The molecule has 0 amide bonds. The molecule has 0 unspecified atom stereocenters. The van der Waals surface area contributed by atoms with Gasteiger partial charge in [0.15, 0.2) is 11.5 Å². The van der Waals surface area contributed by atoms with E-state index in [0.29, 0.717) is 5.39 Å². The normalized spacial score (nSPS) is 11.2. The molecule has 0 saturated heterocycles. The number of carbonyl (C=O) groups is 1. The third-order valence-electron chi connectivity index (χ3n) is 3.87. The summed E-state index contributed by atoms with van der Waals surface area (Å²) in [6.07, 6.45) is -5.19. The second-order valence-electron chi connectivity index (χ2n) is 5.69. The lowest BCUT2D eigenvalue weighted by Gasteiger charge is -2.07. The largest absolute Gasteiger partial charge is 0.542 e. The van der Waals surface area contributed by atoms with Crippen LogP contribution in [-0.4, -0.2) is 32.1 Å². The van der Waals surface area contributed by atoms with Gasteiger partial charge in [-0.2, -0.15) is 13.2 Å². The van der Waals surface area contributed by atoms with Crippen molar-refractivity contribution in [2.24, 2.45) is 14.1 Å². The van der Waals surface area contributed by atoms with Crippen molar-refractivity contribution in [2.45, 2.75) is 23.2 Å². The third kappa shape index (κ3) is 4.47. The quantitative estimate of drug-likeness (QED) is 0.487. The van der Waals surface area contributed by atoms with E-state index in [9.17, 15) is 23.4 Å². The van der Waals surface area contributed by atoms with Crippen LogP contribution in [0.25, 0.3) is 10.8 Å². The van der Waals surface area contributed by atoms with Crippen LogP contribution in [0.5, 0.6) is 11.5 Å². The molecule has 0 atom stereocenters. The Labute approximate surface area is 161 Å². The average Bonchev–Trinajstić information content (AvgIpc) is 2.86. The highest BCUT2D eigenvalue weighted by molar-refractivity contribution is 7.99. The Morgan fingerprint density at radius 3 is 2.25 bits per heavy atom. The van der Waals surface area contributed by atoms with Crippen LogP contribution in [0.1, 0.15) is 5.82 Å². The molecule has 0 aliphatic carbocycles. The third-order valence-corrected chi connectivity index (χ3v) is 4.96. The van der Waals surface area contributed by atoms with Crippen molar-refractivity contribution in [3.63, 3.8) is 0 Å². The number of carboxylic acids is 1. The average molecular weight is 415 g/mol. The molecule has 150 valence electrons. The highest BCUT2D eigenvalue weighted by Crippen LogP contribution is 2.41. The molecule has 0 bridgehead atoms. The van der Waals surface area contributed by atoms with E-state index in [2.05, 4.69) is 5.10 Å². The second-order valence-corrected chi connectivity index (χ2v) is 6.70. The summed E-state index contributed by atoms with van der Waals surface area (Å²) in [5.74, 6) is -2.18. The Kier molecular flexibility index (Phi) is 6.07. The summed E-state index contributed by atoms with van der Waals surface area (Å²) in [5, 5.41) is 35.5. The van der Waals surface area contributed by atoms with Gasteiger partial charge >= 0.3 is 11.3 Å². The van der Waals surface area contributed by atoms with E-state index in [-0.39, 0.29) is 11.5 Å². The molecule has 0 aliphatic rings. The summed E-state index contributed by atoms with van der Waals surface area (Å²) in [6.45, 7) is 1.99. The molecule has 0 spiro atoms. The minimum atomic E-state index is -5.19. The fourth-order valence-corrected chi connectivity index (χ4v) is 3.30. The number of phenolic OH excluding ortho intramolecular Hbond substituents is 2. The van der Waals surface area contributed by atoms with Gasteiger partial charge in [0.2, 0.25) is 5.82 Å². The van der Waals surface area contributed by atoms with Crippen molar-refractivity contribution in [2.75, 3.05) is 0 Å². The van der Waals surface area contributed by atoms with Gasteiger partial charge in [-0.1, -0.05) is 24.3 Å². The number of fused-ring (bicyclic) bond motifs is 1. The van der Waals surface area contributed by atoms with Crippen LogP contribution in [0, 0.1) is 6.92 Å². The first-order valence-corrected chi connectivity index (χ1v) is 8.54. The van der Waals surface area contributed by atoms with Gasteiger partial charge in [0, 0.05) is 17.2 Å². The first-order chi connectivity index (χ1) is 12.9. The Hall–Kier alpha value is -2.95. The lowest BCUT2D eigenvalue weighted by atomic mass is 10.1. The number of carboxylic acid groups (broad SMARTS) is 1. The molecule has 2 aromatic carbocycles. The maximum atomic E-state index is 10.5. The number of alkyl halides is 3. The Bertz CT molecular complexity index is 1030. The van der Waals surface area contributed by atoms with E-state index in [1.165, 1.54) is 11.8 Å². The zero-order valence-corrected chi connectivity index (χ0v) is 15.8. The van der Waals surface area contributed by atoms with E-state index in [0.717, 1.165) is 21.3 Å². The molecule has 28 heavy (non-hydrogen) atoms. The number of aromatic hydroxyl groups is 2. The number of hydrogen-bond donors (Lipinski definition) is 2. The molecule has 2 N–H and O–H groups in total. The summed E-state index contributed by atoms with van der Waals surface area (Å²) < 4.78 is 35.3. The van der Waals surface area contributed by atoms with Gasteiger partial charge in [-0.3, -0.25) is 0 Å². The molecule has 0 fully saturated rings. The fraction of sp³-hybridized carbons (Fsp3) is 0.235. The number of benzene rings is 2. The van der Waals surface area contributed by atoms with Gasteiger partial charge in [0.25, 0.3) is 0 Å². The van der Waals surface area contributed by atoms with Crippen LogP contribution in [-0.2, 0) is 18.9 Å². The summed E-state index contributed by atoms with van der Waals surface area (Å²) in [6, 6.07) is 9.03. The summed E-state index contributed by atoms with van der Waals surface area (Å²) in [7, 11) is 3.85. The van der Waals surface area contributed by atoms with Crippen LogP contribution in [0.15, 0.2) is 40.4 Å². The second kappa shape index (κ2) is 7.97. The maximum Gasteiger partial charge on any atom is 0.430 e. The van der Waals surface area contributed by atoms with Crippen molar-refractivity contribution in [3.8, 4) is 11.5 Å². The van der Waals surface area contributed by atoms with Gasteiger partial charge in [-0.25, -0.2) is 4.57 Å². The highest BCUT2D eigenvalue weighted by Gasteiger charge is 2.28. The van der Waals surface area contributed by atoms with Crippen LogP contribution >= 0.6 is 11.8 Å². The molecule has 0 saturated carbocycles. The van der Waals surface area contributed by atoms with E-state index < -0.39 is 12.1 Å². The van der Waals surface area contributed by atoms with Gasteiger partial charge < -0.3 is 20.1 Å². The van der Waals surface area contributed by atoms with Crippen molar-refractivity contribution >= 4 is 28.5 Å².